The molecule has 0 aliphatic carbocycles. The highest BCUT2D eigenvalue weighted by Crippen LogP contribution is 2.32. The van der Waals surface area contributed by atoms with Crippen LogP contribution in [0, 0.1) is 0 Å². The molecule has 158 valence electrons. The van der Waals surface area contributed by atoms with Gasteiger partial charge >= 0.3 is 0 Å². The lowest BCUT2D eigenvalue weighted by molar-refractivity contribution is 0.102. The molecular weight excluding hydrogens is 410 g/mol. The van der Waals surface area contributed by atoms with E-state index in [1.54, 1.807) is 29.5 Å². The summed E-state index contributed by atoms with van der Waals surface area (Å²) < 4.78 is 2.42. The number of hydrogen-bond acceptors (Lipinski definition) is 6. The number of aryl methyl sites for hydroxylation is 1. The van der Waals surface area contributed by atoms with Crippen molar-refractivity contribution in [3.63, 3.8) is 0 Å². The number of thiazole rings is 1. The van der Waals surface area contributed by atoms with Gasteiger partial charge in [-0.25, -0.2) is 9.67 Å². The van der Waals surface area contributed by atoms with E-state index in [9.17, 15) is 9.59 Å². The molecule has 0 bridgehead atoms. The van der Waals surface area contributed by atoms with Crippen LogP contribution < -0.4 is 15.8 Å². The minimum absolute atomic E-state index is 0.172. The smallest absolute Gasteiger partial charge is 0.276 e. The Bertz CT molecular complexity index is 1340. The van der Waals surface area contributed by atoms with Crippen molar-refractivity contribution in [3.05, 3.63) is 58.5 Å². The van der Waals surface area contributed by atoms with Crippen molar-refractivity contribution < 1.29 is 4.79 Å². The van der Waals surface area contributed by atoms with E-state index in [2.05, 4.69) is 15.3 Å². The molecule has 1 aliphatic rings. The molecular formula is C23H23N5O2S. The first-order valence-corrected chi connectivity index (χ1v) is 11.4. The average Bonchev–Trinajstić information content (AvgIpc) is 3.45. The SMILES string of the molecule is CCCn1nc(C(=O)Nc2ccc3nc(N4CCCC4)sc3c2)c2ccccc2c1=O. The van der Waals surface area contributed by atoms with Crippen LogP contribution in [0.2, 0.25) is 0 Å². The van der Waals surface area contributed by atoms with Crippen LogP contribution in [0.1, 0.15) is 36.7 Å². The number of carbonyl (C=O) groups is 1. The minimum Gasteiger partial charge on any atom is -0.348 e. The van der Waals surface area contributed by atoms with Gasteiger partial charge in [-0.3, -0.25) is 9.59 Å². The molecule has 31 heavy (non-hydrogen) atoms. The normalized spacial score (nSPS) is 13.9. The summed E-state index contributed by atoms with van der Waals surface area (Å²) in [6.07, 6.45) is 3.17. The van der Waals surface area contributed by atoms with Gasteiger partial charge in [0.25, 0.3) is 11.5 Å². The Labute approximate surface area is 183 Å². The van der Waals surface area contributed by atoms with E-state index in [0.717, 1.165) is 34.9 Å². The minimum atomic E-state index is -0.329. The average molecular weight is 434 g/mol. The second kappa shape index (κ2) is 8.11. The first-order valence-electron chi connectivity index (χ1n) is 10.6. The van der Waals surface area contributed by atoms with E-state index >= 15 is 0 Å². The summed E-state index contributed by atoms with van der Waals surface area (Å²) in [4.78, 5) is 32.9. The molecule has 0 spiro atoms. The Morgan fingerprint density at radius 1 is 1.13 bits per heavy atom. The number of anilines is 2. The zero-order valence-electron chi connectivity index (χ0n) is 17.3. The van der Waals surface area contributed by atoms with Gasteiger partial charge in [0.2, 0.25) is 0 Å². The molecule has 1 fully saturated rings. The van der Waals surface area contributed by atoms with Crippen LogP contribution in [0.4, 0.5) is 10.8 Å². The quantitative estimate of drug-likeness (QED) is 0.508. The van der Waals surface area contributed by atoms with Gasteiger partial charge in [-0.15, -0.1) is 0 Å². The van der Waals surface area contributed by atoms with E-state index in [1.165, 1.54) is 17.5 Å². The van der Waals surface area contributed by atoms with E-state index in [4.69, 9.17) is 4.98 Å². The van der Waals surface area contributed by atoms with E-state index in [0.29, 0.717) is 23.0 Å². The Hall–Kier alpha value is -3.26. The summed E-state index contributed by atoms with van der Waals surface area (Å²) >= 11 is 1.65. The zero-order valence-corrected chi connectivity index (χ0v) is 18.1. The van der Waals surface area contributed by atoms with Crippen LogP contribution in [-0.4, -0.2) is 33.8 Å². The van der Waals surface area contributed by atoms with E-state index in [1.807, 2.05) is 31.2 Å². The summed E-state index contributed by atoms with van der Waals surface area (Å²) in [5.41, 5.74) is 1.71. The third kappa shape index (κ3) is 3.67. The Kier molecular flexibility index (Phi) is 5.15. The van der Waals surface area contributed by atoms with Gasteiger partial charge in [0.1, 0.15) is 0 Å². The van der Waals surface area contributed by atoms with Crippen molar-refractivity contribution in [3.8, 4) is 0 Å². The molecule has 1 aliphatic heterocycles. The lowest BCUT2D eigenvalue weighted by Crippen LogP contribution is -2.27. The number of benzene rings is 2. The van der Waals surface area contributed by atoms with E-state index < -0.39 is 0 Å². The van der Waals surface area contributed by atoms with Crippen LogP contribution >= 0.6 is 11.3 Å². The summed E-state index contributed by atoms with van der Waals surface area (Å²) in [6.45, 7) is 4.55. The van der Waals surface area contributed by atoms with Crippen LogP contribution in [0.3, 0.4) is 0 Å². The molecule has 0 radical (unpaired) electrons. The molecule has 7 nitrogen and oxygen atoms in total. The van der Waals surface area contributed by atoms with Crippen molar-refractivity contribution in [2.75, 3.05) is 23.3 Å². The fourth-order valence-corrected chi connectivity index (χ4v) is 5.05. The largest absolute Gasteiger partial charge is 0.348 e. The maximum Gasteiger partial charge on any atom is 0.276 e. The third-order valence-corrected chi connectivity index (χ3v) is 6.61. The molecule has 3 heterocycles. The molecule has 1 N–H and O–H groups in total. The maximum absolute atomic E-state index is 13.1. The highest BCUT2D eigenvalue weighted by molar-refractivity contribution is 7.22. The summed E-state index contributed by atoms with van der Waals surface area (Å²) in [5.74, 6) is -0.329. The van der Waals surface area contributed by atoms with Crippen LogP contribution in [-0.2, 0) is 6.54 Å². The lowest BCUT2D eigenvalue weighted by Gasteiger charge is -2.11. The number of nitrogens with one attached hydrogen (secondary N) is 1. The fraction of sp³-hybridized carbons (Fsp3) is 0.304. The highest BCUT2D eigenvalue weighted by atomic mass is 32.1. The Morgan fingerprint density at radius 3 is 2.68 bits per heavy atom. The van der Waals surface area contributed by atoms with Gasteiger partial charge in [0.15, 0.2) is 10.8 Å². The topological polar surface area (TPSA) is 80.1 Å². The number of carbonyl (C=O) groups excluding carboxylic acids is 1. The van der Waals surface area contributed by atoms with Crippen LogP contribution in [0.25, 0.3) is 21.0 Å². The van der Waals surface area contributed by atoms with Crippen molar-refractivity contribution in [2.24, 2.45) is 0 Å². The number of nitrogens with zero attached hydrogens (tertiary/aromatic N) is 4. The molecule has 2 aromatic heterocycles. The second-order valence-corrected chi connectivity index (χ2v) is 8.76. The molecule has 8 heteroatoms. The number of fused-ring (bicyclic) bond motifs is 2. The number of aromatic nitrogens is 3. The Balaban J connectivity index is 1.48. The van der Waals surface area contributed by atoms with Crippen LogP contribution in [0.15, 0.2) is 47.3 Å². The number of amides is 1. The summed E-state index contributed by atoms with van der Waals surface area (Å²) in [6, 6.07) is 12.9. The van der Waals surface area contributed by atoms with Crippen molar-refractivity contribution in [1.29, 1.82) is 0 Å². The monoisotopic (exact) mass is 433 g/mol. The van der Waals surface area contributed by atoms with Crippen molar-refractivity contribution in [2.45, 2.75) is 32.7 Å². The third-order valence-electron chi connectivity index (χ3n) is 5.53. The van der Waals surface area contributed by atoms with Gasteiger partial charge in [0.05, 0.1) is 15.6 Å². The molecule has 1 amide bonds. The number of rotatable bonds is 5. The molecule has 4 aromatic rings. The van der Waals surface area contributed by atoms with Gasteiger partial charge in [0, 0.05) is 30.7 Å². The van der Waals surface area contributed by atoms with Gasteiger partial charge in [-0.2, -0.15) is 5.10 Å². The molecule has 1 saturated heterocycles. The standard InChI is InChI=1S/C23H23N5O2S/c1-2-11-28-22(30)17-8-4-3-7-16(17)20(26-28)21(29)24-15-9-10-18-19(14-15)31-23(25-18)27-12-5-6-13-27/h3-4,7-10,14H,2,5-6,11-13H2,1H3,(H,24,29). The maximum atomic E-state index is 13.1. The summed E-state index contributed by atoms with van der Waals surface area (Å²) in [7, 11) is 0. The first kappa shape index (κ1) is 19.7. The second-order valence-electron chi connectivity index (χ2n) is 7.75. The van der Waals surface area contributed by atoms with Gasteiger partial charge in [-0.05, 0) is 43.5 Å². The number of hydrogen-bond donors (Lipinski definition) is 1. The predicted molar refractivity (Wildman–Crippen MR) is 125 cm³/mol. The predicted octanol–water partition coefficient (Wildman–Crippen LogP) is 4.27. The molecule has 2 aromatic carbocycles. The Morgan fingerprint density at radius 2 is 1.90 bits per heavy atom. The molecule has 0 atom stereocenters. The van der Waals surface area contributed by atoms with Gasteiger partial charge in [-0.1, -0.05) is 36.5 Å². The van der Waals surface area contributed by atoms with Gasteiger partial charge < -0.3 is 10.2 Å². The highest BCUT2D eigenvalue weighted by Gasteiger charge is 2.19. The fourth-order valence-electron chi connectivity index (χ4n) is 3.99. The van der Waals surface area contributed by atoms with Crippen LogP contribution in [0.5, 0.6) is 0 Å². The molecule has 5 rings (SSSR count). The lowest BCUT2D eigenvalue weighted by atomic mass is 10.1. The first-order chi connectivity index (χ1) is 15.1. The molecule has 0 saturated carbocycles. The van der Waals surface area contributed by atoms with Crippen molar-refractivity contribution in [1.82, 2.24) is 14.8 Å². The summed E-state index contributed by atoms with van der Waals surface area (Å²) in [5, 5.41) is 9.44. The van der Waals surface area contributed by atoms with Crippen molar-refractivity contribution >= 4 is 49.1 Å². The molecule has 0 unspecified atom stereocenters. The zero-order chi connectivity index (χ0) is 21.4. The van der Waals surface area contributed by atoms with E-state index in [-0.39, 0.29) is 17.2 Å².